The number of imide groups is 1. The molecule has 0 aromatic heterocycles. The molecule has 1 N–H and O–H groups in total. The molecule has 32 heavy (non-hydrogen) atoms. The summed E-state index contributed by atoms with van der Waals surface area (Å²) in [5.41, 5.74) is -0.727. The number of methoxy groups -OCH3 is 1. The number of nitrogens with one attached hydrogen (secondary N) is 1. The van der Waals surface area contributed by atoms with Gasteiger partial charge >= 0.3 is 0 Å². The smallest absolute Gasteiger partial charge is 0.264 e. The average molecular weight is 467 g/mol. The summed E-state index contributed by atoms with van der Waals surface area (Å²) in [5.74, 6) is -4.33. The first-order valence-corrected chi connectivity index (χ1v) is 11.2. The zero-order chi connectivity index (χ0) is 28.8. The number of amides is 3. The van der Waals surface area contributed by atoms with E-state index in [0.29, 0.717) is 4.90 Å². The average Bonchev–Trinajstić information content (AvgIpc) is 3.02. The topological polar surface area (TPSA) is 119 Å². The fourth-order valence-corrected chi connectivity index (χ4v) is 4.13. The maximum Gasteiger partial charge on any atom is 0.264 e. The van der Waals surface area contributed by atoms with Crippen molar-refractivity contribution in [2.75, 3.05) is 31.0 Å². The third-order valence-electron chi connectivity index (χ3n) is 4.55. The van der Waals surface area contributed by atoms with Crippen molar-refractivity contribution >= 4 is 33.2 Å². The van der Waals surface area contributed by atoms with Crippen molar-refractivity contribution < 1.29 is 40.5 Å². The van der Waals surface area contributed by atoms with Crippen LogP contribution in [0.4, 0.5) is 5.69 Å². The molecule has 1 aliphatic heterocycles. The van der Waals surface area contributed by atoms with Gasteiger partial charge in [-0.1, -0.05) is 12.1 Å². The third-order valence-corrected chi connectivity index (χ3v) is 5.35. The predicted molar refractivity (Wildman–Crippen MR) is 118 cm³/mol. The standard InChI is InChI=1S/C22H24N2O7S/c1-5-31-19-11-14(9-10-18(19)30-3)17(12-32(4,28)29)24-21(26)15-7-6-8-16(23-13(2)25)20(15)22(24)27/h6-11,17H,5,12H2,1-4H3,(H,23,25)/t17-/m1/s1/i1D3,5D2,17D. The highest BCUT2D eigenvalue weighted by molar-refractivity contribution is 7.90. The normalized spacial score (nSPS) is 18.8. The molecule has 0 saturated heterocycles. The molecule has 9 nitrogen and oxygen atoms in total. The lowest BCUT2D eigenvalue weighted by Crippen LogP contribution is -2.37. The van der Waals surface area contributed by atoms with Crippen LogP contribution in [0, 0.1) is 0 Å². The number of carbonyl (C=O) groups excluding carboxylic acids is 3. The molecular formula is C22H24N2O7S. The number of ether oxygens (including phenoxy) is 2. The molecule has 0 unspecified atom stereocenters. The summed E-state index contributed by atoms with van der Waals surface area (Å²) in [6, 6.07) is 4.71. The molecule has 3 amide bonds. The van der Waals surface area contributed by atoms with Gasteiger partial charge in [-0.3, -0.25) is 19.3 Å². The molecule has 0 spiro atoms. The molecule has 0 saturated carbocycles. The van der Waals surface area contributed by atoms with E-state index in [-0.39, 0.29) is 28.1 Å². The van der Waals surface area contributed by atoms with Gasteiger partial charge in [-0.2, -0.15) is 0 Å². The fraction of sp³-hybridized carbons (Fsp3) is 0.318. The zero-order valence-electron chi connectivity index (χ0n) is 23.4. The minimum Gasteiger partial charge on any atom is -0.493 e. The Morgan fingerprint density at radius 2 is 2.00 bits per heavy atom. The number of nitrogens with zero attached hydrogens (tertiary/aromatic N) is 1. The van der Waals surface area contributed by atoms with E-state index in [1.54, 1.807) is 0 Å². The Morgan fingerprint density at radius 3 is 2.62 bits per heavy atom. The molecule has 1 atom stereocenters. The molecule has 10 heteroatoms. The second-order valence-corrected chi connectivity index (χ2v) is 9.08. The third kappa shape index (κ3) is 4.59. The van der Waals surface area contributed by atoms with E-state index in [4.69, 9.17) is 17.7 Å². The molecule has 1 aliphatic rings. The van der Waals surface area contributed by atoms with Crippen LogP contribution in [0.15, 0.2) is 36.4 Å². The van der Waals surface area contributed by atoms with Crippen molar-refractivity contribution in [2.45, 2.75) is 19.8 Å². The number of benzene rings is 2. The fourth-order valence-electron chi connectivity index (χ4n) is 3.34. The minimum atomic E-state index is -4.06. The van der Waals surface area contributed by atoms with Gasteiger partial charge in [0.2, 0.25) is 5.91 Å². The Hall–Kier alpha value is -3.40. The Morgan fingerprint density at radius 1 is 1.25 bits per heavy atom. The Bertz CT molecular complexity index is 1430. The predicted octanol–water partition coefficient (Wildman–Crippen LogP) is 2.43. The van der Waals surface area contributed by atoms with Crippen LogP contribution in [0.5, 0.6) is 11.5 Å². The van der Waals surface area contributed by atoms with Crippen molar-refractivity contribution in [3.8, 4) is 11.5 Å². The molecule has 170 valence electrons. The Labute approximate surface area is 194 Å². The van der Waals surface area contributed by atoms with Crippen LogP contribution < -0.4 is 14.8 Å². The van der Waals surface area contributed by atoms with Crippen molar-refractivity contribution in [1.29, 1.82) is 0 Å². The summed E-state index contributed by atoms with van der Waals surface area (Å²) in [6.07, 6.45) is 0.797. The summed E-state index contributed by atoms with van der Waals surface area (Å²) in [4.78, 5) is 39.0. The van der Waals surface area contributed by atoms with Gasteiger partial charge in [0.1, 0.15) is 9.84 Å². The quantitative estimate of drug-likeness (QED) is 0.594. The number of hydrogen-bond donors (Lipinski definition) is 1. The van der Waals surface area contributed by atoms with Crippen molar-refractivity contribution in [3.05, 3.63) is 53.1 Å². The van der Waals surface area contributed by atoms with Crippen LogP contribution >= 0.6 is 0 Å². The lowest BCUT2D eigenvalue weighted by Gasteiger charge is -2.27. The highest BCUT2D eigenvalue weighted by atomic mass is 32.2. The number of fused-ring (bicyclic) bond motifs is 1. The van der Waals surface area contributed by atoms with Crippen LogP contribution in [0.1, 0.15) is 54.3 Å². The van der Waals surface area contributed by atoms with Gasteiger partial charge in [0, 0.05) is 17.3 Å². The highest BCUT2D eigenvalue weighted by Gasteiger charge is 2.43. The van der Waals surface area contributed by atoms with E-state index in [1.807, 2.05) is 0 Å². The minimum absolute atomic E-state index is 0.0119. The van der Waals surface area contributed by atoms with Crippen LogP contribution in [-0.4, -0.2) is 56.7 Å². The van der Waals surface area contributed by atoms with E-state index in [0.717, 1.165) is 18.4 Å². The Balaban J connectivity index is 2.23. The van der Waals surface area contributed by atoms with E-state index < -0.39 is 58.5 Å². The van der Waals surface area contributed by atoms with Gasteiger partial charge in [0.15, 0.2) is 11.5 Å². The van der Waals surface area contributed by atoms with Gasteiger partial charge in [-0.15, -0.1) is 0 Å². The van der Waals surface area contributed by atoms with Crippen LogP contribution in [-0.2, 0) is 14.6 Å². The number of rotatable bonds is 8. The number of carbonyl (C=O) groups is 3. The van der Waals surface area contributed by atoms with E-state index in [2.05, 4.69) is 5.32 Å². The lowest BCUT2D eigenvalue weighted by atomic mass is 10.1. The molecule has 0 bridgehead atoms. The molecular weight excluding hydrogens is 436 g/mol. The molecule has 0 fully saturated rings. The summed E-state index contributed by atoms with van der Waals surface area (Å²) < 4.78 is 81.9. The molecule has 2 aromatic rings. The molecule has 2 aromatic carbocycles. The first-order valence-electron chi connectivity index (χ1n) is 12.2. The molecule has 3 rings (SSSR count). The van der Waals surface area contributed by atoms with E-state index in [1.165, 1.54) is 38.3 Å². The van der Waals surface area contributed by atoms with Crippen molar-refractivity contribution in [1.82, 2.24) is 4.90 Å². The number of hydrogen-bond acceptors (Lipinski definition) is 7. The van der Waals surface area contributed by atoms with Crippen molar-refractivity contribution in [3.63, 3.8) is 0 Å². The number of sulfone groups is 1. The van der Waals surface area contributed by atoms with Crippen LogP contribution in [0.3, 0.4) is 0 Å². The summed E-state index contributed by atoms with van der Waals surface area (Å²) in [5, 5.41) is 2.43. The van der Waals surface area contributed by atoms with Crippen LogP contribution in [0.25, 0.3) is 0 Å². The zero-order valence-corrected chi connectivity index (χ0v) is 18.2. The number of anilines is 1. The highest BCUT2D eigenvalue weighted by Crippen LogP contribution is 2.38. The maximum atomic E-state index is 13.5. The van der Waals surface area contributed by atoms with Crippen LogP contribution in [0.2, 0.25) is 0 Å². The second-order valence-electron chi connectivity index (χ2n) is 6.94. The molecule has 0 aliphatic carbocycles. The molecule has 1 heterocycles. The van der Waals surface area contributed by atoms with Gasteiger partial charge in [0.25, 0.3) is 11.8 Å². The maximum absolute atomic E-state index is 13.5. The van der Waals surface area contributed by atoms with Gasteiger partial charge in [-0.05, 0) is 36.7 Å². The van der Waals surface area contributed by atoms with Crippen molar-refractivity contribution in [2.24, 2.45) is 0 Å². The van der Waals surface area contributed by atoms with E-state index >= 15 is 0 Å². The molecule has 0 radical (unpaired) electrons. The van der Waals surface area contributed by atoms with Gasteiger partial charge < -0.3 is 14.8 Å². The second kappa shape index (κ2) is 8.99. The van der Waals surface area contributed by atoms with E-state index in [9.17, 15) is 22.8 Å². The summed E-state index contributed by atoms with van der Waals surface area (Å²) >= 11 is 0. The van der Waals surface area contributed by atoms with Gasteiger partial charge in [-0.25, -0.2) is 8.42 Å². The first kappa shape index (κ1) is 16.3. The summed E-state index contributed by atoms with van der Waals surface area (Å²) in [7, 11) is -2.87. The lowest BCUT2D eigenvalue weighted by molar-refractivity contribution is -0.114. The van der Waals surface area contributed by atoms with Gasteiger partial charge in [0.05, 0.1) is 46.4 Å². The largest absolute Gasteiger partial charge is 0.493 e. The SMILES string of the molecule is [2H]C([2H])([2H])C([2H])([2H])Oc1cc([C@@]([2H])(CS(C)(=O)=O)N2C(=O)c3cccc(NC(C)=O)c3C2=O)ccc1OC. The monoisotopic (exact) mass is 466 g/mol. The Kier molecular flexibility index (Phi) is 4.57. The summed E-state index contributed by atoms with van der Waals surface area (Å²) in [6.45, 7) is -5.27. The first-order chi connectivity index (χ1) is 17.3.